The van der Waals surface area contributed by atoms with Gasteiger partial charge in [0.1, 0.15) is 5.82 Å². The Labute approximate surface area is 119 Å². The minimum absolute atomic E-state index is 0.472. The molecule has 5 nitrogen and oxygen atoms in total. The molecule has 0 saturated carbocycles. The summed E-state index contributed by atoms with van der Waals surface area (Å²) in [4.78, 5) is 13.7. The van der Waals surface area contributed by atoms with E-state index in [1.807, 2.05) is 25.1 Å². The number of hydrogen-bond donors (Lipinski definition) is 0. The lowest BCUT2D eigenvalue weighted by molar-refractivity contribution is 0.305. The Morgan fingerprint density at radius 2 is 1.85 bits per heavy atom. The predicted molar refractivity (Wildman–Crippen MR) is 80.4 cm³/mol. The van der Waals surface area contributed by atoms with Gasteiger partial charge in [-0.25, -0.2) is 0 Å². The van der Waals surface area contributed by atoms with Crippen molar-refractivity contribution in [1.29, 1.82) is 0 Å². The first kappa shape index (κ1) is 13.1. The van der Waals surface area contributed by atoms with E-state index in [4.69, 9.17) is 4.74 Å². The molecule has 5 heteroatoms. The van der Waals surface area contributed by atoms with Gasteiger partial charge in [0, 0.05) is 31.6 Å². The van der Waals surface area contributed by atoms with Crippen LogP contribution in [0, 0.1) is 0 Å². The van der Waals surface area contributed by atoms with E-state index in [1.54, 1.807) is 0 Å². The zero-order valence-electron chi connectivity index (χ0n) is 12.0. The van der Waals surface area contributed by atoms with Crippen molar-refractivity contribution in [2.45, 2.75) is 6.92 Å². The highest BCUT2D eigenvalue weighted by Gasteiger charge is 2.19. The molecule has 0 atom stereocenters. The maximum atomic E-state index is 5.51. The summed E-state index contributed by atoms with van der Waals surface area (Å²) in [5.41, 5.74) is 0.944. The maximum absolute atomic E-state index is 5.51. The van der Waals surface area contributed by atoms with Crippen LogP contribution in [0.4, 0.5) is 5.82 Å². The number of rotatable bonds is 3. The average Bonchev–Trinajstić information content (AvgIpc) is 2.48. The van der Waals surface area contributed by atoms with Crippen LogP contribution < -0.4 is 9.64 Å². The zero-order valence-corrected chi connectivity index (χ0v) is 12.0. The van der Waals surface area contributed by atoms with Crippen LogP contribution in [-0.2, 0) is 0 Å². The van der Waals surface area contributed by atoms with Crippen molar-refractivity contribution in [1.82, 2.24) is 14.9 Å². The number of para-hydroxylation sites is 1. The second-order valence-electron chi connectivity index (χ2n) is 5.07. The molecule has 0 amide bonds. The van der Waals surface area contributed by atoms with E-state index in [2.05, 4.69) is 32.9 Å². The Morgan fingerprint density at radius 3 is 2.60 bits per heavy atom. The van der Waals surface area contributed by atoms with Crippen molar-refractivity contribution in [3.63, 3.8) is 0 Å². The van der Waals surface area contributed by atoms with E-state index in [-0.39, 0.29) is 0 Å². The molecule has 3 rings (SSSR count). The van der Waals surface area contributed by atoms with Gasteiger partial charge in [-0.05, 0) is 26.1 Å². The number of likely N-dealkylation sites (N-methyl/N-ethyl adjacent to an activating group) is 1. The van der Waals surface area contributed by atoms with Gasteiger partial charge in [-0.3, -0.25) is 0 Å². The fourth-order valence-corrected chi connectivity index (χ4v) is 2.49. The van der Waals surface area contributed by atoms with E-state index in [1.165, 1.54) is 0 Å². The second-order valence-corrected chi connectivity index (χ2v) is 5.07. The first-order valence-electron chi connectivity index (χ1n) is 7.11. The molecule has 1 aromatic carbocycles. The molecular weight excluding hydrogens is 252 g/mol. The molecule has 1 aliphatic rings. The van der Waals surface area contributed by atoms with Crippen LogP contribution in [-0.4, -0.2) is 54.7 Å². The van der Waals surface area contributed by atoms with Gasteiger partial charge < -0.3 is 14.5 Å². The molecule has 0 spiro atoms. The quantitative estimate of drug-likeness (QED) is 0.852. The number of hydrogen-bond acceptors (Lipinski definition) is 5. The third-order valence-corrected chi connectivity index (χ3v) is 3.64. The molecule has 0 aliphatic carbocycles. The Kier molecular flexibility index (Phi) is 3.69. The van der Waals surface area contributed by atoms with Crippen LogP contribution in [0.5, 0.6) is 6.01 Å². The molecule has 2 heterocycles. The third-order valence-electron chi connectivity index (χ3n) is 3.64. The molecule has 1 aliphatic heterocycles. The first-order valence-corrected chi connectivity index (χ1v) is 7.11. The molecule has 0 bridgehead atoms. The number of fused-ring (bicyclic) bond motifs is 1. The summed E-state index contributed by atoms with van der Waals surface area (Å²) in [7, 11) is 2.15. The summed E-state index contributed by atoms with van der Waals surface area (Å²) in [6.45, 7) is 6.63. The van der Waals surface area contributed by atoms with Gasteiger partial charge in [-0.2, -0.15) is 9.97 Å². The van der Waals surface area contributed by atoms with Crippen LogP contribution in [0.25, 0.3) is 10.9 Å². The monoisotopic (exact) mass is 272 g/mol. The summed E-state index contributed by atoms with van der Waals surface area (Å²) in [6.07, 6.45) is 0. The van der Waals surface area contributed by atoms with Gasteiger partial charge in [-0.1, -0.05) is 12.1 Å². The number of benzene rings is 1. The van der Waals surface area contributed by atoms with Crippen LogP contribution in [0.15, 0.2) is 24.3 Å². The van der Waals surface area contributed by atoms with Crippen LogP contribution in [0.1, 0.15) is 6.92 Å². The van der Waals surface area contributed by atoms with E-state index in [0.29, 0.717) is 12.6 Å². The Balaban J connectivity index is 2.03. The standard InChI is InChI=1S/C15H20N4O/c1-3-20-15-16-13-7-5-4-6-12(13)14(17-15)19-10-8-18(2)9-11-19/h4-7H,3,8-11H2,1-2H3. The topological polar surface area (TPSA) is 41.5 Å². The lowest BCUT2D eigenvalue weighted by Gasteiger charge is -2.33. The molecule has 0 N–H and O–H groups in total. The minimum Gasteiger partial charge on any atom is -0.464 e. The summed E-state index contributed by atoms with van der Waals surface area (Å²) >= 11 is 0. The average molecular weight is 272 g/mol. The molecule has 1 fully saturated rings. The van der Waals surface area contributed by atoms with Crippen molar-refractivity contribution in [2.75, 3.05) is 44.7 Å². The largest absolute Gasteiger partial charge is 0.464 e. The summed E-state index contributed by atoms with van der Waals surface area (Å²) in [6, 6.07) is 8.60. The highest BCUT2D eigenvalue weighted by Crippen LogP contribution is 2.26. The van der Waals surface area contributed by atoms with Crippen LogP contribution in [0.2, 0.25) is 0 Å². The Hall–Kier alpha value is -1.88. The molecule has 2 aromatic rings. The van der Waals surface area contributed by atoms with Gasteiger partial charge in [0.2, 0.25) is 0 Å². The molecule has 0 radical (unpaired) electrons. The lowest BCUT2D eigenvalue weighted by Crippen LogP contribution is -2.44. The summed E-state index contributed by atoms with van der Waals surface area (Å²) in [5, 5.41) is 1.10. The lowest BCUT2D eigenvalue weighted by atomic mass is 10.2. The van der Waals surface area contributed by atoms with Crippen molar-refractivity contribution in [3.05, 3.63) is 24.3 Å². The van der Waals surface area contributed by atoms with Gasteiger partial charge >= 0.3 is 6.01 Å². The number of piperazine rings is 1. The van der Waals surface area contributed by atoms with E-state index in [9.17, 15) is 0 Å². The molecule has 1 saturated heterocycles. The van der Waals surface area contributed by atoms with E-state index in [0.717, 1.165) is 42.9 Å². The fraction of sp³-hybridized carbons (Fsp3) is 0.467. The fourth-order valence-electron chi connectivity index (χ4n) is 2.49. The molecule has 1 aromatic heterocycles. The highest BCUT2D eigenvalue weighted by atomic mass is 16.5. The van der Waals surface area contributed by atoms with E-state index >= 15 is 0 Å². The summed E-state index contributed by atoms with van der Waals surface area (Å²) < 4.78 is 5.51. The van der Waals surface area contributed by atoms with E-state index < -0.39 is 0 Å². The van der Waals surface area contributed by atoms with Gasteiger partial charge in [0.05, 0.1) is 12.1 Å². The van der Waals surface area contributed by atoms with Crippen molar-refractivity contribution < 1.29 is 4.74 Å². The molecule has 106 valence electrons. The van der Waals surface area contributed by atoms with Gasteiger partial charge in [-0.15, -0.1) is 0 Å². The normalized spacial score (nSPS) is 16.6. The third kappa shape index (κ3) is 2.54. The smallest absolute Gasteiger partial charge is 0.318 e. The molecule has 0 unspecified atom stereocenters. The number of ether oxygens (including phenoxy) is 1. The Bertz CT molecular complexity index is 593. The van der Waals surface area contributed by atoms with Crippen LogP contribution in [0.3, 0.4) is 0 Å². The number of anilines is 1. The highest BCUT2D eigenvalue weighted by molar-refractivity contribution is 5.89. The molecular formula is C15H20N4O. The molecule has 20 heavy (non-hydrogen) atoms. The number of aromatic nitrogens is 2. The van der Waals surface area contributed by atoms with Gasteiger partial charge in [0.25, 0.3) is 0 Å². The summed E-state index contributed by atoms with van der Waals surface area (Å²) in [5.74, 6) is 0.993. The van der Waals surface area contributed by atoms with Gasteiger partial charge in [0.15, 0.2) is 0 Å². The minimum atomic E-state index is 0.472. The zero-order chi connectivity index (χ0) is 13.9. The SMILES string of the molecule is CCOc1nc(N2CCN(C)CC2)c2ccccc2n1. The van der Waals surface area contributed by atoms with Crippen molar-refractivity contribution >= 4 is 16.7 Å². The number of nitrogens with zero attached hydrogens (tertiary/aromatic N) is 4. The maximum Gasteiger partial charge on any atom is 0.318 e. The van der Waals surface area contributed by atoms with Crippen LogP contribution >= 0.6 is 0 Å². The van der Waals surface area contributed by atoms with Crippen molar-refractivity contribution in [3.8, 4) is 6.01 Å². The first-order chi connectivity index (χ1) is 9.78. The predicted octanol–water partition coefficient (Wildman–Crippen LogP) is 1.78. The van der Waals surface area contributed by atoms with Crippen molar-refractivity contribution in [2.24, 2.45) is 0 Å². The Morgan fingerprint density at radius 1 is 1.10 bits per heavy atom. The second kappa shape index (κ2) is 5.63.